The van der Waals surface area contributed by atoms with Gasteiger partial charge in [0.05, 0.1) is 17.9 Å². The van der Waals surface area contributed by atoms with Gasteiger partial charge in [0, 0.05) is 24.7 Å². The Morgan fingerprint density at radius 3 is 2.61 bits per heavy atom. The second-order valence-electron chi connectivity index (χ2n) is 7.58. The molecule has 162 valence electrons. The van der Waals surface area contributed by atoms with Crippen LogP contribution in [-0.4, -0.2) is 63.2 Å². The zero-order chi connectivity index (χ0) is 21.6. The lowest BCUT2D eigenvalue weighted by molar-refractivity contribution is -0.117. The fourth-order valence-corrected chi connectivity index (χ4v) is 3.89. The van der Waals surface area contributed by atoms with Crippen molar-refractivity contribution in [2.75, 3.05) is 38.0 Å². The van der Waals surface area contributed by atoms with Crippen LogP contribution in [0.4, 0.5) is 10.1 Å². The molecule has 9 heteroatoms. The first-order valence-electron chi connectivity index (χ1n) is 10.2. The molecule has 2 heterocycles. The van der Waals surface area contributed by atoms with E-state index in [1.807, 2.05) is 12.1 Å². The van der Waals surface area contributed by atoms with E-state index in [9.17, 15) is 9.18 Å². The van der Waals surface area contributed by atoms with Crippen molar-refractivity contribution in [2.45, 2.75) is 13.0 Å². The van der Waals surface area contributed by atoms with Crippen LogP contribution < -0.4 is 5.32 Å². The normalized spacial score (nSPS) is 15.5. The smallest absolute Gasteiger partial charge is 0.238 e. The van der Waals surface area contributed by atoms with Gasteiger partial charge >= 0.3 is 0 Å². The number of nitrogens with zero attached hydrogens (tertiary/aromatic N) is 5. The van der Waals surface area contributed by atoms with Crippen LogP contribution in [-0.2, 0) is 11.3 Å². The van der Waals surface area contributed by atoms with Crippen LogP contribution >= 0.6 is 11.6 Å². The summed E-state index contributed by atoms with van der Waals surface area (Å²) in [6.07, 6.45) is 3.98. The molecule has 0 radical (unpaired) electrons. The summed E-state index contributed by atoms with van der Waals surface area (Å²) in [6, 6.07) is 11.9. The molecule has 0 atom stereocenters. The van der Waals surface area contributed by atoms with Gasteiger partial charge in [-0.2, -0.15) is 5.10 Å². The first-order chi connectivity index (χ1) is 15.1. The fourth-order valence-electron chi connectivity index (χ4n) is 3.72. The lowest BCUT2D eigenvalue weighted by Gasteiger charge is -2.22. The maximum atomic E-state index is 13.1. The van der Waals surface area contributed by atoms with Crippen LogP contribution in [0, 0.1) is 5.82 Å². The Labute approximate surface area is 185 Å². The zero-order valence-electron chi connectivity index (χ0n) is 17.0. The van der Waals surface area contributed by atoms with Crippen molar-refractivity contribution >= 4 is 23.2 Å². The molecule has 1 amide bonds. The van der Waals surface area contributed by atoms with Crippen molar-refractivity contribution in [3.05, 3.63) is 71.5 Å². The number of rotatable bonds is 6. The monoisotopic (exact) mass is 442 g/mol. The lowest BCUT2D eigenvalue weighted by Crippen LogP contribution is -2.36. The first kappa shape index (κ1) is 21.4. The molecule has 0 bridgehead atoms. The van der Waals surface area contributed by atoms with Crippen molar-refractivity contribution in [2.24, 2.45) is 0 Å². The highest BCUT2D eigenvalue weighted by Crippen LogP contribution is 2.24. The number of benzene rings is 2. The number of carbonyl (C=O) groups excluding carboxylic acids is 1. The number of halogens is 2. The molecule has 4 rings (SSSR count). The number of amides is 1. The topological polar surface area (TPSA) is 66.3 Å². The Hall–Kier alpha value is -2.81. The molecular formula is C22H24ClFN6O. The molecule has 0 aliphatic carbocycles. The van der Waals surface area contributed by atoms with Gasteiger partial charge < -0.3 is 5.32 Å². The molecule has 1 N–H and O–H groups in total. The third-order valence-corrected chi connectivity index (χ3v) is 5.50. The highest BCUT2D eigenvalue weighted by Gasteiger charge is 2.18. The fraction of sp³-hybridized carbons (Fsp3) is 0.318. The van der Waals surface area contributed by atoms with E-state index in [1.165, 1.54) is 18.5 Å². The summed E-state index contributed by atoms with van der Waals surface area (Å²) in [5, 5.41) is 7.63. The van der Waals surface area contributed by atoms with Gasteiger partial charge in [-0.1, -0.05) is 23.7 Å². The van der Waals surface area contributed by atoms with E-state index in [-0.39, 0.29) is 11.7 Å². The molecule has 1 aliphatic rings. The number of nitrogens with one attached hydrogen (secondary N) is 1. The van der Waals surface area contributed by atoms with E-state index in [2.05, 4.69) is 25.2 Å². The minimum absolute atomic E-state index is 0.101. The summed E-state index contributed by atoms with van der Waals surface area (Å²) < 4.78 is 14.7. The Morgan fingerprint density at radius 1 is 1.06 bits per heavy atom. The van der Waals surface area contributed by atoms with Crippen molar-refractivity contribution in [1.29, 1.82) is 0 Å². The van der Waals surface area contributed by atoms with E-state index < -0.39 is 0 Å². The van der Waals surface area contributed by atoms with Gasteiger partial charge in [0.25, 0.3) is 0 Å². The molecule has 7 nitrogen and oxygen atoms in total. The average Bonchev–Trinajstić information content (AvgIpc) is 3.19. The molecule has 1 aromatic heterocycles. The van der Waals surface area contributed by atoms with Crippen molar-refractivity contribution in [1.82, 2.24) is 24.6 Å². The Balaban J connectivity index is 1.33. The number of anilines is 1. The van der Waals surface area contributed by atoms with Crippen LogP contribution in [0.25, 0.3) is 5.69 Å². The van der Waals surface area contributed by atoms with Crippen molar-refractivity contribution < 1.29 is 9.18 Å². The molecule has 1 fully saturated rings. The second kappa shape index (κ2) is 10.00. The maximum Gasteiger partial charge on any atom is 0.238 e. The summed E-state index contributed by atoms with van der Waals surface area (Å²) in [6.45, 7) is 4.52. The minimum Gasteiger partial charge on any atom is -0.323 e. The number of aromatic nitrogens is 3. The Kier molecular flexibility index (Phi) is 6.91. The summed E-state index contributed by atoms with van der Waals surface area (Å²) in [5.74, 6) is -0.320. The van der Waals surface area contributed by atoms with Crippen LogP contribution in [0.15, 0.2) is 55.1 Å². The molecule has 1 aliphatic heterocycles. The quantitative estimate of drug-likeness (QED) is 0.635. The molecule has 0 unspecified atom stereocenters. The van der Waals surface area contributed by atoms with E-state index in [4.69, 9.17) is 11.6 Å². The molecule has 0 spiro atoms. The SMILES string of the molecule is O=C(CN1CCCN(Cc2ccc(F)cc2)CC1)Nc1cc(Cl)ccc1-n1cncn1. The molecule has 3 aromatic rings. The third-order valence-electron chi connectivity index (χ3n) is 5.27. The number of carbonyl (C=O) groups is 1. The van der Waals surface area contributed by atoms with Gasteiger partial charge in [0.1, 0.15) is 18.5 Å². The van der Waals surface area contributed by atoms with Crippen molar-refractivity contribution in [3.8, 4) is 5.69 Å². The lowest BCUT2D eigenvalue weighted by atomic mass is 10.2. The van der Waals surface area contributed by atoms with Gasteiger partial charge in [-0.25, -0.2) is 14.1 Å². The standard InChI is InChI=1S/C22H24ClFN6O/c23-18-4-7-21(30-16-25-15-26-30)20(12-18)27-22(31)14-29-9-1-8-28(10-11-29)13-17-2-5-19(24)6-3-17/h2-7,12,15-16H,1,8-11,13-14H2,(H,27,31). The zero-order valence-corrected chi connectivity index (χ0v) is 17.8. The number of hydrogen-bond donors (Lipinski definition) is 1. The highest BCUT2D eigenvalue weighted by molar-refractivity contribution is 6.31. The van der Waals surface area contributed by atoms with Crippen LogP contribution in [0.3, 0.4) is 0 Å². The van der Waals surface area contributed by atoms with Crippen LogP contribution in [0.2, 0.25) is 5.02 Å². The molecular weight excluding hydrogens is 419 g/mol. The van der Waals surface area contributed by atoms with Gasteiger partial charge in [0.2, 0.25) is 5.91 Å². The van der Waals surface area contributed by atoms with Gasteiger partial charge in [0.15, 0.2) is 0 Å². The predicted molar refractivity (Wildman–Crippen MR) is 118 cm³/mol. The second-order valence-corrected chi connectivity index (χ2v) is 8.02. The highest BCUT2D eigenvalue weighted by atomic mass is 35.5. The third kappa shape index (κ3) is 5.88. The van der Waals surface area contributed by atoms with E-state index in [1.54, 1.807) is 29.2 Å². The van der Waals surface area contributed by atoms with Gasteiger partial charge in [-0.05, 0) is 55.4 Å². The predicted octanol–water partition coefficient (Wildman–Crippen LogP) is 3.21. The number of hydrogen-bond acceptors (Lipinski definition) is 5. The minimum atomic E-state index is -0.219. The first-order valence-corrected chi connectivity index (χ1v) is 10.6. The summed E-state index contributed by atoms with van der Waals surface area (Å²) in [7, 11) is 0. The van der Waals surface area contributed by atoms with Crippen LogP contribution in [0.1, 0.15) is 12.0 Å². The maximum absolute atomic E-state index is 13.1. The summed E-state index contributed by atoms with van der Waals surface area (Å²) in [4.78, 5) is 21.2. The van der Waals surface area contributed by atoms with Gasteiger partial charge in [-0.3, -0.25) is 14.6 Å². The largest absolute Gasteiger partial charge is 0.323 e. The Morgan fingerprint density at radius 2 is 1.84 bits per heavy atom. The van der Waals surface area contributed by atoms with Crippen molar-refractivity contribution in [3.63, 3.8) is 0 Å². The van der Waals surface area contributed by atoms with E-state index in [0.29, 0.717) is 22.9 Å². The van der Waals surface area contributed by atoms with E-state index >= 15 is 0 Å². The molecule has 31 heavy (non-hydrogen) atoms. The molecule has 0 saturated carbocycles. The molecule has 2 aromatic carbocycles. The summed E-state index contributed by atoms with van der Waals surface area (Å²) >= 11 is 6.13. The van der Waals surface area contributed by atoms with Gasteiger partial charge in [-0.15, -0.1) is 0 Å². The summed E-state index contributed by atoms with van der Waals surface area (Å²) in [5.41, 5.74) is 2.39. The molecule has 1 saturated heterocycles. The average molecular weight is 443 g/mol. The Bertz CT molecular complexity index is 1010. The van der Waals surface area contributed by atoms with E-state index in [0.717, 1.165) is 44.7 Å². The van der Waals surface area contributed by atoms with Crippen LogP contribution in [0.5, 0.6) is 0 Å².